The molecule has 0 aliphatic rings. The number of anilines is 1. The van der Waals surface area contributed by atoms with Gasteiger partial charge in [0.25, 0.3) is 0 Å². The van der Waals surface area contributed by atoms with E-state index >= 15 is 0 Å². The summed E-state index contributed by atoms with van der Waals surface area (Å²) in [5, 5.41) is 0. The van der Waals surface area contributed by atoms with Gasteiger partial charge in [0.05, 0.1) is 0 Å². The molecule has 0 radical (unpaired) electrons. The van der Waals surface area contributed by atoms with Gasteiger partial charge in [0, 0.05) is 30.2 Å². The van der Waals surface area contributed by atoms with E-state index < -0.39 is 0 Å². The van der Waals surface area contributed by atoms with Gasteiger partial charge in [0.2, 0.25) is 0 Å². The van der Waals surface area contributed by atoms with Crippen molar-refractivity contribution in [2.75, 3.05) is 5.73 Å². The van der Waals surface area contributed by atoms with Crippen molar-refractivity contribution in [3.63, 3.8) is 0 Å². The van der Waals surface area contributed by atoms with Crippen molar-refractivity contribution in [1.29, 1.82) is 0 Å². The molecule has 0 aliphatic carbocycles. The summed E-state index contributed by atoms with van der Waals surface area (Å²) in [4.78, 5) is 4.45. The summed E-state index contributed by atoms with van der Waals surface area (Å²) in [6, 6.07) is 16.4. The lowest BCUT2D eigenvalue weighted by Gasteiger charge is -2.08. The maximum absolute atomic E-state index is 5.73. The van der Waals surface area contributed by atoms with Crippen molar-refractivity contribution in [2.24, 2.45) is 0 Å². The lowest BCUT2D eigenvalue weighted by Crippen LogP contribution is -2.01. The minimum Gasteiger partial charge on any atom is -0.399 e. The highest BCUT2D eigenvalue weighted by Gasteiger charge is 2.06. The molecule has 0 unspecified atom stereocenters. The summed E-state index contributed by atoms with van der Waals surface area (Å²) in [6.07, 6.45) is 3.84. The molecule has 3 nitrogen and oxygen atoms in total. The zero-order valence-corrected chi connectivity index (χ0v) is 11.5. The minimum atomic E-state index is 0.769. The maximum atomic E-state index is 5.73. The summed E-state index contributed by atoms with van der Waals surface area (Å²) in [5.74, 6) is 0.963. The fraction of sp³-hybridized carbons (Fsp3) is 0.118. The van der Waals surface area contributed by atoms with Crippen LogP contribution in [0.25, 0.3) is 11.4 Å². The molecule has 0 spiro atoms. The Morgan fingerprint density at radius 3 is 2.40 bits per heavy atom. The van der Waals surface area contributed by atoms with Gasteiger partial charge in [0.15, 0.2) is 0 Å². The summed E-state index contributed by atoms with van der Waals surface area (Å²) in [6.45, 7) is 2.92. The molecule has 0 saturated carbocycles. The highest BCUT2D eigenvalue weighted by atomic mass is 15.1. The molecule has 0 amide bonds. The normalized spacial score (nSPS) is 10.7. The summed E-state index contributed by atoms with van der Waals surface area (Å²) >= 11 is 0. The molecule has 1 heterocycles. The Labute approximate surface area is 118 Å². The van der Waals surface area contributed by atoms with Crippen LogP contribution in [0, 0.1) is 6.92 Å². The van der Waals surface area contributed by atoms with Crippen LogP contribution in [0.5, 0.6) is 0 Å². The van der Waals surface area contributed by atoms with Gasteiger partial charge in [-0.3, -0.25) is 0 Å². The van der Waals surface area contributed by atoms with E-state index in [-0.39, 0.29) is 0 Å². The third-order valence-electron chi connectivity index (χ3n) is 3.36. The number of rotatable bonds is 3. The van der Waals surface area contributed by atoms with E-state index in [1.165, 1.54) is 11.1 Å². The quantitative estimate of drug-likeness (QED) is 0.735. The first kappa shape index (κ1) is 12.5. The van der Waals surface area contributed by atoms with E-state index in [0.29, 0.717) is 0 Å². The van der Waals surface area contributed by atoms with Crippen molar-refractivity contribution in [2.45, 2.75) is 13.5 Å². The van der Waals surface area contributed by atoms with Crippen LogP contribution in [0.1, 0.15) is 11.1 Å². The lowest BCUT2D eigenvalue weighted by molar-refractivity contribution is 0.807. The van der Waals surface area contributed by atoms with E-state index in [1.807, 2.05) is 36.7 Å². The second-order valence-electron chi connectivity index (χ2n) is 4.99. The molecule has 0 bridgehead atoms. The number of hydrogen-bond acceptors (Lipinski definition) is 2. The van der Waals surface area contributed by atoms with Crippen LogP contribution in [0.15, 0.2) is 60.9 Å². The molecule has 0 atom stereocenters. The van der Waals surface area contributed by atoms with E-state index in [4.69, 9.17) is 5.73 Å². The Morgan fingerprint density at radius 1 is 1.00 bits per heavy atom. The fourth-order valence-corrected chi connectivity index (χ4v) is 2.22. The Morgan fingerprint density at radius 2 is 1.70 bits per heavy atom. The smallest absolute Gasteiger partial charge is 0.140 e. The number of hydrogen-bond donors (Lipinski definition) is 1. The van der Waals surface area contributed by atoms with Crippen molar-refractivity contribution in [3.8, 4) is 11.4 Å². The Balaban J connectivity index is 1.90. The van der Waals surface area contributed by atoms with Crippen LogP contribution in [0.4, 0.5) is 5.69 Å². The first-order chi connectivity index (χ1) is 9.72. The summed E-state index contributed by atoms with van der Waals surface area (Å²) < 4.78 is 2.15. The van der Waals surface area contributed by atoms with Gasteiger partial charge >= 0.3 is 0 Å². The Bertz CT molecular complexity index is 694. The second kappa shape index (κ2) is 5.21. The molecule has 3 rings (SSSR count). The Hall–Kier alpha value is -2.55. The molecule has 2 N–H and O–H groups in total. The molecular weight excluding hydrogens is 246 g/mol. The average Bonchev–Trinajstić information content (AvgIpc) is 2.90. The van der Waals surface area contributed by atoms with Gasteiger partial charge < -0.3 is 10.3 Å². The molecule has 100 valence electrons. The van der Waals surface area contributed by atoms with Gasteiger partial charge in [-0.25, -0.2) is 4.98 Å². The van der Waals surface area contributed by atoms with Gasteiger partial charge in [0.1, 0.15) is 5.82 Å². The second-order valence-corrected chi connectivity index (χ2v) is 4.99. The number of aromatic nitrogens is 2. The number of imidazole rings is 1. The standard InChI is InChI=1S/C17H17N3/c1-13-2-4-14(5-3-13)12-20-11-10-19-17(20)15-6-8-16(18)9-7-15/h2-11H,12,18H2,1H3. The van der Waals surface area contributed by atoms with Crippen LogP contribution < -0.4 is 5.73 Å². The topological polar surface area (TPSA) is 43.8 Å². The summed E-state index contributed by atoms with van der Waals surface area (Å²) in [7, 11) is 0. The monoisotopic (exact) mass is 263 g/mol. The molecule has 20 heavy (non-hydrogen) atoms. The third kappa shape index (κ3) is 2.57. The molecule has 3 aromatic rings. The van der Waals surface area contributed by atoms with Crippen LogP contribution in [0.2, 0.25) is 0 Å². The van der Waals surface area contributed by atoms with Crippen LogP contribution in [-0.4, -0.2) is 9.55 Å². The van der Waals surface area contributed by atoms with Crippen molar-refractivity contribution < 1.29 is 0 Å². The largest absolute Gasteiger partial charge is 0.399 e. The highest BCUT2D eigenvalue weighted by molar-refractivity contribution is 5.59. The number of benzene rings is 2. The van der Waals surface area contributed by atoms with E-state index in [0.717, 1.165) is 23.6 Å². The third-order valence-corrected chi connectivity index (χ3v) is 3.36. The van der Waals surface area contributed by atoms with E-state index in [2.05, 4.69) is 40.7 Å². The van der Waals surface area contributed by atoms with Gasteiger partial charge in [-0.1, -0.05) is 29.8 Å². The van der Waals surface area contributed by atoms with Crippen LogP contribution in [0.3, 0.4) is 0 Å². The van der Waals surface area contributed by atoms with Crippen LogP contribution in [-0.2, 0) is 6.54 Å². The van der Waals surface area contributed by atoms with Crippen molar-refractivity contribution in [3.05, 3.63) is 72.1 Å². The lowest BCUT2D eigenvalue weighted by atomic mass is 10.1. The number of nitrogen functional groups attached to an aromatic ring is 1. The summed E-state index contributed by atoms with van der Waals surface area (Å²) in [5.41, 5.74) is 10.1. The zero-order chi connectivity index (χ0) is 13.9. The first-order valence-electron chi connectivity index (χ1n) is 6.65. The maximum Gasteiger partial charge on any atom is 0.140 e. The molecule has 2 aromatic carbocycles. The highest BCUT2D eigenvalue weighted by Crippen LogP contribution is 2.20. The number of nitrogens with two attached hydrogens (primary N) is 1. The van der Waals surface area contributed by atoms with E-state index in [9.17, 15) is 0 Å². The van der Waals surface area contributed by atoms with Crippen LogP contribution >= 0.6 is 0 Å². The number of aryl methyl sites for hydroxylation is 1. The molecular formula is C17H17N3. The molecule has 0 aliphatic heterocycles. The van der Waals surface area contributed by atoms with Crippen molar-refractivity contribution >= 4 is 5.69 Å². The number of nitrogens with zero attached hydrogens (tertiary/aromatic N) is 2. The molecule has 0 fully saturated rings. The SMILES string of the molecule is Cc1ccc(Cn2ccnc2-c2ccc(N)cc2)cc1. The predicted molar refractivity (Wildman–Crippen MR) is 82.4 cm³/mol. The minimum absolute atomic E-state index is 0.769. The molecule has 3 heteroatoms. The predicted octanol–water partition coefficient (Wildman–Crippen LogP) is 3.49. The first-order valence-corrected chi connectivity index (χ1v) is 6.65. The molecule has 0 saturated heterocycles. The van der Waals surface area contributed by atoms with Gasteiger partial charge in [-0.2, -0.15) is 0 Å². The Kier molecular flexibility index (Phi) is 3.25. The van der Waals surface area contributed by atoms with Gasteiger partial charge in [-0.05, 0) is 36.8 Å². The van der Waals surface area contributed by atoms with Gasteiger partial charge in [-0.15, -0.1) is 0 Å². The average molecular weight is 263 g/mol. The zero-order valence-electron chi connectivity index (χ0n) is 11.5. The van der Waals surface area contributed by atoms with Crippen molar-refractivity contribution in [1.82, 2.24) is 9.55 Å². The fourth-order valence-electron chi connectivity index (χ4n) is 2.22. The molecule has 1 aromatic heterocycles. The van der Waals surface area contributed by atoms with E-state index in [1.54, 1.807) is 0 Å².